The van der Waals surface area contributed by atoms with Gasteiger partial charge in [0.2, 0.25) is 0 Å². The van der Waals surface area contributed by atoms with Gasteiger partial charge >= 0.3 is 0 Å². The summed E-state index contributed by atoms with van der Waals surface area (Å²) in [5.74, 6) is 8.27. The Bertz CT molecular complexity index is 554. The fraction of sp³-hybridized carbons (Fsp3) is 0.900. The summed E-state index contributed by atoms with van der Waals surface area (Å²) in [4.78, 5) is 0. The molecule has 2 spiro atoms. The molecule has 0 radical (unpaired) electrons. The van der Waals surface area contributed by atoms with Crippen molar-refractivity contribution >= 4 is 0 Å². The number of hydrogen-bond acceptors (Lipinski definition) is 0. The highest BCUT2D eigenvalue weighted by Crippen LogP contribution is 2.81. The van der Waals surface area contributed by atoms with Gasteiger partial charge in [0, 0.05) is 0 Å². The van der Waals surface area contributed by atoms with Gasteiger partial charge in [0.15, 0.2) is 0 Å². The minimum absolute atomic E-state index is 0.819. The standard InChI is InChI=1S/C20H26/c1-4-20-8-11(1)5-14(20)7-16-15-6-13(18(16)20)10-19-3-2-12(9-19)17(15)19/h1,12-18H,2-10H2. The summed E-state index contributed by atoms with van der Waals surface area (Å²) in [5, 5.41) is 0. The Hall–Kier alpha value is -0.260. The molecule has 0 heterocycles. The first kappa shape index (κ1) is 10.5. The maximum atomic E-state index is 2.67. The van der Waals surface area contributed by atoms with E-state index in [4.69, 9.17) is 0 Å². The minimum Gasteiger partial charge on any atom is -0.0847 e. The summed E-state index contributed by atoms with van der Waals surface area (Å²) in [6.45, 7) is 0. The molecule has 0 heteroatoms. The van der Waals surface area contributed by atoms with E-state index in [1.807, 2.05) is 5.57 Å². The second-order valence-electron chi connectivity index (χ2n) is 10.1. The second-order valence-corrected chi connectivity index (χ2v) is 10.1. The lowest BCUT2D eigenvalue weighted by atomic mass is 9.49. The van der Waals surface area contributed by atoms with Gasteiger partial charge < -0.3 is 0 Å². The van der Waals surface area contributed by atoms with E-state index >= 15 is 0 Å². The molecule has 7 saturated carbocycles. The van der Waals surface area contributed by atoms with Crippen molar-refractivity contribution in [2.45, 2.75) is 57.8 Å². The summed E-state index contributed by atoms with van der Waals surface area (Å²) < 4.78 is 0. The third kappa shape index (κ3) is 0.844. The third-order valence-electron chi connectivity index (χ3n) is 9.99. The molecule has 106 valence electrons. The van der Waals surface area contributed by atoms with Gasteiger partial charge in [-0.2, -0.15) is 0 Å². The van der Waals surface area contributed by atoms with Crippen LogP contribution in [0, 0.1) is 52.3 Å². The molecule has 0 nitrogen and oxygen atoms in total. The molecule has 0 aliphatic heterocycles. The zero-order chi connectivity index (χ0) is 12.7. The van der Waals surface area contributed by atoms with Crippen LogP contribution < -0.4 is 0 Å². The highest BCUT2D eigenvalue weighted by atomic mass is 14.8. The Morgan fingerprint density at radius 3 is 2.80 bits per heavy atom. The second kappa shape index (κ2) is 2.82. The fourth-order valence-corrected chi connectivity index (χ4v) is 9.98. The van der Waals surface area contributed by atoms with Crippen LogP contribution in [0.3, 0.4) is 0 Å². The van der Waals surface area contributed by atoms with E-state index in [2.05, 4.69) is 6.08 Å². The van der Waals surface area contributed by atoms with Crippen LogP contribution in [0.15, 0.2) is 11.6 Å². The monoisotopic (exact) mass is 266 g/mol. The maximum absolute atomic E-state index is 2.67. The molecule has 0 aromatic rings. The largest absolute Gasteiger partial charge is 0.0847 e. The molecule has 7 fully saturated rings. The van der Waals surface area contributed by atoms with E-state index in [0.717, 1.165) is 22.7 Å². The van der Waals surface area contributed by atoms with Crippen LogP contribution in [0.1, 0.15) is 57.8 Å². The van der Waals surface area contributed by atoms with Crippen LogP contribution >= 0.6 is 0 Å². The first-order chi connectivity index (χ1) is 9.79. The Kier molecular flexibility index (Phi) is 1.47. The molecule has 0 amide bonds. The summed E-state index contributed by atoms with van der Waals surface area (Å²) in [5.41, 5.74) is 3.60. The van der Waals surface area contributed by atoms with E-state index < -0.39 is 0 Å². The van der Waals surface area contributed by atoms with Crippen molar-refractivity contribution in [2.24, 2.45) is 52.3 Å². The highest BCUT2D eigenvalue weighted by Gasteiger charge is 2.73. The van der Waals surface area contributed by atoms with Crippen LogP contribution in [0.25, 0.3) is 0 Å². The molecule has 8 aliphatic rings. The van der Waals surface area contributed by atoms with Gasteiger partial charge in [0.1, 0.15) is 0 Å². The molecular weight excluding hydrogens is 240 g/mol. The van der Waals surface area contributed by atoms with Crippen LogP contribution in [0.4, 0.5) is 0 Å². The van der Waals surface area contributed by atoms with Crippen molar-refractivity contribution in [1.29, 1.82) is 0 Å². The maximum Gasteiger partial charge on any atom is -0.0161 e. The lowest BCUT2D eigenvalue weighted by molar-refractivity contribution is -0.0679. The van der Waals surface area contributed by atoms with E-state index in [9.17, 15) is 0 Å². The first-order valence-corrected chi connectivity index (χ1v) is 9.47. The highest BCUT2D eigenvalue weighted by molar-refractivity contribution is 5.31. The van der Waals surface area contributed by atoms with Crippen molar-refractivity contribution in [3.63, 3.8) is 0 Å². The van der Waals surface area contributed by atoms with Gasteiger partial charge in [-0.25, -0.2) is 0 Å². The number of rotatable bonds is 0. The molecule has 8 aliphatic carbocycles. The van der Waals surface area contributed by atoms with Crippen molar-refractivity contribution in [3.05, 3.63) is 11.6 Å². The van der Waals surface area contributed by atoms with Gasteiger partial charge in [-0.15, -0.1) is 0 Å². The lowest BCUT2D eigenvalue weighted by Crippen LogP contribution is -2.48. The van der Waals surface area contributed by atoms with Crippen LogP contribution in [0.2, 0.25) is 0 Å². The van der Waals surface area contributed by atoms with Crippen LogP contribution in [-0.4, -0.2) is 0 Å². The Morgan fingerprint density at radius 2 is 1.90 bits per heavy atom. The molecule has 20 heavy (non-hydrogen) atoms. The Labute approximate surface area is 122 Å². The Balaban J connectivity index is 1.36. The molecule has 0 N–H and O–H groups in total. The molecule has 0 aromatic carbocycles. The van der Waals surface area contributed by atoms with Gasteiger partial charge in [0.05, 0.1) is 0 Å². The predicted molar refractivity (Wildman–Crippen MR) is 78.9 cm³/mol. The van der Waals surface area contributed by atoms with Gasteiger partial charge in [-0.05, 0) is 110 Å². The lowest BCUT2D eigenvalue weighted by Gasteiger charge is -2.55. The number of fused-ring (bicyclic) bond motifs is 7. The predicted octanol–water partition coefficient (Wildman–Crippen LogP) is 4.81. The van der Waals surface area contributed by atoms with Crippen molar-refractivity contribution in [3.8, 4) is 0 Å². The SMILES string of the molecule is C1=C2CC3CC4C5CC(CC67CCC(C6)C57)C4C3(C1)C2. The number of allylic oxidation sites excluding steroid dienone is 2. The topological polar surface area (TPSA) is 0 Å². The van der Waals surface area contributed by atoms with Gasteiger partial charge in [-0.3, -0.25) is 0 Å². The number of hydrogen-bond donors (Lipinski definition) is 0. The molecule has 8 rings (SSSR count). The van der Waals surface area contributed by atoms with Gasteiger partial charge in [0.25, 0.3) is 0 Å². The summed E-state index contributed by atoms with van der Waals surface area (Å²) in [6.07, 6.45) is 17.1. The summed E-state index contributed by atoms with van der Waals surface area (Å²) in [7, 11) is 0. The minimum atomic E-state index is 0.819. The fourth-order valence-electron chi connectivity index (χ4n) is 9.98. The van der Waals surface area contributed by atoms with E-state index in [0.29, 0.717) is 0 Å². The zero-order valence-corrected chi connectivity index (χ0v) is 12.5. The molecule has 0 aromatic heterocycles. The molecule has 9 atom stereocenters. The van der Waals surface area contributed by atoms with Crippen LogP contribution in [0.5, 0.6) is 0 Å². The molecular formula is C20H26. The third-order valence-corrected chi connectivity index (χ3v) is 9.99. The average Bonchev–Trinajstić information content (AvgIpc) is 3.17. The normalized spacial score (nSPS) is 70.4. The van der Waals surface area contributed by atoms with E-state index in [1.165, 1.54) is 42.4 Å². The van der Waals surface area contributed by atoms with Crippen molar-refractivity contribution in [1.82, 2.24) is 0 Å². The van der Waals surface area contributed by atoms with Gasteiger partial charge in [-0.1, -0.05) is 11.6 Å². The first-order valence-electron chi connectivity index (χ1n) is 9.47. The summed E-state index contributed by atoms with van der Waals surface area (Å²) in [6, 6.07) is 0. The van der Waals surface area contributed by atoms with E-state index in [-0.39, 0.29) is 0 Å². The Morgan fingerprint density at radius 1 is 1.00 bits per heavy atom. The van der Waals surface area contributed by atoms with Crippen molar-refractivity contribution < 1.29 is 0 Å². The van der Waals surface area contributed by atoms with E-state index in [1.54, 1.807) is 44.9 Å². The average molecular weight is 266 g/mol. The zero-order valence-electron chi connectivity index (χ0n) is 12.5. The molecule has 9 unspecified atom stereocenters. The molecule has 6 bridgehead atoms. The smallest absolute Gasteiger partial charge is 0.0161 e. The summed E-state index contributed by atoms with van der Waals surface area (Å²) >= 11 is 0. The quantitative estimate of drug-likeness (QED) is 0.552. The van der Waals surface area contributed by atoms with Crippen molar-refractivity contribution in [2.75, 3.05) is 0 Å². The van der Waals surface area contributed by atoms with Crippen LogP contribution in [-0.2, 0) is 0 Å². The molecule has 0 saturated heterocycles.